The molecule has 0 aliphatic carbocycles. The highest BCUT2D eigenvalue weighted by Crippen LogP contribution is 2.22. The van der Waals surface area contributed by atoms with Crippen molar-refractivity contribution in [2.24, 2.45) is 0 Å². The molecule has 0 saturated carbocycles. The monoisotopic (exact) mass is 243 g/mol. The van der Waals surface area contributed by atoms with Crippen molar-refractivity contribution < 1.29 is 14.6 Å². The van der Waals surface area contributed by atoms with E-state index in [1.807, 2.05) is 0 Å². The van der Waals surface area contributed by atoms with Crippen molar-refractivity contribution in [3.8, 4) is 0 Å². The van der Waals surface area contributed by atoms with Crippen LogP contribution in [0.15, 0.2) is 0 Å². The van der Waals surface area contributed by atoms with Gasteiger partial charge in [-0.1, -0.05) is 0 Å². The predicted octanol–water partition coefficient (Wildman–Crippen LogP) is 1.03. The Morgan fingerprint density at radius 1 is 1.35 bits per heavy atom. The second-order valence-electron chi connectivity index (χ2n) is 5.84. The number of rotatable bonds is 4. The van der Waals surface area contributed by atoms with Crippen LogP contribution in [0, 0.1) is 0 Å². The van der Waals surface area contributed by atoms with Gasteiger partial charge in [-0.3, -0.25) is 4.90 Å². The lowest BCUT2D eigenvalue weighted by Crippen LogP contribution is -2.54. The maximum atomic E-state index is 9.24. The number of nitrogens with zero attached hydrogens (tertiary/aromatic N) is 1. The van der Waals surface area contributed by atoms with Gasteiger partial charge in [-0.05, 0) is 33.1 Å². The molecule has 4 nitrogen and oxygen atoms in total. The predicted molar refractivity (Wildman–Crippen MR) is 66.1 cm³/mol. The first-order valence-electron chi connectivity index (χ1n) is 6.72. The Labute approximate surface area is 104 Å². The summed E-state index contributed by atoms with van der Waals surface area (Å²) in [5.74, 6) is 0. The van der Waals surface area contributed by atoms with Crippen LogP contribution in [0.4, 0.5) is 0 Å². The van der Waals surface area contributed by atoms with E-state index in [2.05, 4.69) is 18.7 Å². The van der Waals surface area contributed by atoms with Gasteiger partial charge in [0, 0.05) is 26.2 Å². The molecule has 0 amide bonds. The largest absolute Gasteiger partial charge is 0.394 e. The highest BCUT2D eigenvalue weighted by atomic mass is 16.5. The van der Waals surface area contributed by atoms with Crippen LogP contribution in [-0.2, 0) is 9.47 Å². The molecule has 2 atom stereocenters. The van der Waals surface area contributed by atoms with Gasteiger partial charge in [0.1, 0.15) is 0 Å². The highest BCUT2D eigenvalue weighted by Gasteiger charge is 2.33. The molecule has 1 N–H and O–H groups in total. The van der Waals surface area contributed by atoms with Crippen LogP contribution in [0.5, 0.6) is 0 Å². The number of morpholine rings is 1. The molecule has 2 heterocycles. The SMILES string of the molecule is CC1(C)CN(CCC2CCCO2)CC(CO)O1. The summed E-state index contributed by atoms with van der Waals surface area (Å²) in [6.45, 7) is 8.05. The van der Waals surface area contributed by atoms with Crippen LogP contribution in [0.25, 0.3) is 0 Å². The molecule has 2 unspecified atom stereocenters. The number of aliphatic hydroxyl groups is 1. The fourth-order valence-corrected chi connectivity index (χ4v) is 2.88. The normalized spacial score (nSPS) is 34.1. The van der Waals surface area contributed by atoms with Crippen LogP contribution in [-0.4, -0.2) is 60.7 Å². The minimum atomic E-state index is -0.151. The zero-order valence-corrected chi connectivity index (χ0v) is 11.0. The van der Waals surface area contributed by atoms with Crippen molar-refractivity contribution in [3.05, 3.63) is 0 Å². The molecule has 4 heteroatoms. The Hall–Kier alpha value is -0.160. The molecule has 0 aromatic heterocycles. The van der Waals surface area contributed by atoms with Gasteiger partial charge in [0.15, 0.2) is 0 Å². The molecular weight excluding hydrogens is 218 g/mol. The van der Waals surface area contributed by atoms with Crippen LogP contribution in [0.2, 0.25) is 0 Å². The lowest BCUT2D eigenvalue weighted by Gasteiger charge is -2.42. The van der Waals surface area contributed by atoms with Gasteiger partial charge in [0.05, 0.1) is 24.4 Å². The maximum absolute atomic E-state index is 9.24. The number of aliphatic hydroxyl groups excluding tert-OH is 1. The Bertz CT molecular complexity index is 239. The summed E-state index contributed by atoms with van der Waals surface area (Å²) >= 11 is 0. The second kappa shape index (κ2) is 5.65. The first-order valence-corrected chi connectivity index (χ1v) is 6.72. The molecule has 0 radical (unpaired) electrons. The fraction of sp³-hybridized carbons (Fsp3) is 1.00. The quantitative estimate of drug-likeness (QED) is 0.800. The molecule has 2 aliphatic heterocycles. The van der Waals surface area contributed by atoms with E-state index >= 15 is 0 Å². The van der Waals surface area contributed by atoms with E-state index in [0.717, 1.165) is 32.7 Å². The van der Waals surface area contributed by atoms with Crippen LogP contribution >= 0.6 is 0 Å². The summed E-state index contributed by atoms with van der Waals surface area (Å²) in [6, 6.07) is 0. The van der Waals surface area contributed by atoms with Crippen LogP contribution in [0.3, 0.4) is 0 Å². The van der Waals surface area contributed by atoms with Gasteiger partial charge < -0.3 is 14.6 Å². The van der Waals surface area contributed by atoms with Crippen LogP contribution < -0.4 is 0 Å². The van der Waals surface area contributed by atoms with E-state index in [1.165, 1.54) is 12.8 Å². The lowest BCUT2D eigenvalue weighted by atomic mass is 10.0. The maximum Gasteiger partial charge on any atom is 0.0940 e. The Kier molecular flexibility index (Phi) is 4.42. The first-order chi connectivity index (χ1) is 8.09. The first kappa shape index (κ1) is 13.3. The molecule has 0 aromatic carbocycles. The van der Waals surface area contributed by atoms with Crippen molar-refractivity contribution in [3.63, 3.8) is 0 Å². The average Bonchev–Trinajstić information content (AvgIpc) is 2.77. The molecule has 2 fully saturated rings. The van der Waals surface area contributed by atoms with Gasteiger partial charge in [-0.2, -0.15) is 0 Å². The summed E-state index contributed by atoms with van der Waals surface area (Å²) in [5.41, 5.74) is -0.151. The molecule has 2 saturated heterocycles. The van der Waals surface area contributed by atoms with Gasteiger partial charge in [-0.25, -0.2) is 0 Å². The lowest BCUT2D eigenvalue weighted by molar-refractivity contribution is -0.149. The Morgan fingerprint density at radius 2 is 2.18 bits per heavy atom. The van der Waals surface area contributed by atoms with E-state index in [-0.39, 0.29) is 18.3 Å². The van der Waals surface area contributed by atoms with Crippen molar-refractivity contribution in [2.45, 2.75) is 50.9 Å². The van der Waals surface area contributed by atoms with E-state index in [0.29, 0.717) is 6.10 Å². The van der Waals surface area contributed by atoms with E-state index in [4.69, 9.17) is 9.47 Å². The number of hydrogen-bond donors (Lipinski definition) is 1. The second-order valence-corrected chi connectivity index (χ2v) is 5.84. The van der Waals surface area contributed by atoms with Gasteiger partial charge in [-0.15, -0.1) is 0 Å². The minimum absolute atomic E-state index is 0.0387. The van der Waals surface area contributed by atoms with Crippen molar-refractivity contribution in [2.75, 3.05) is 32.8 Å². The van der Waals surface area contributed by atoms with Gasteiger partial charge >= 0.3 is 0 Å². The molecular formula is C13H25NO3. The molecule has 0 spiro atoms. The van der Waals surface area contributed by atoms with Gasteiger partial charge in [0.2, 0.25) is 0 Å². The van der Waals surface area contributed by atoms with E-state index in [9.17, 15) is 5.11 Å². The Balaban J connectivity index is 1.78. The van der Waals surface area contributed by atoms with Crippen molar-refractivity contribution in [1.82, 2.24) is 4.90 Å². The van der Waals surface area contributed by atoms with E-state index < -0.39 is 0 Å². The summed E-state index contributed by atoms with van der Waals surface area (Å²) < 4.78 is 11.4. The van der Waals surface area contributed by atoms with Crippen molar-refractivity contribution >= 4 is 0 Å². The summed E-state index contributed by atoms with van der Waals surface area (Å²) in [6.07, 6.45) is 3.93. The zero-order chi connectivity index (χ0) is 12.3. The average molecular weight is 243 g/mol. The number of ether oxygens (including phenoxy) is 2. The minimum Gasteiger partial charge on any atom is -0.394 e. The summed E-state index contributed by atoms with van der Waals surface area (Å²) in [4.78, 5) is 2.39. The van der Waals surface area contributed by atoms with Gasteiger partial charge in [0.25, 0.3) is 0 Å². The fourth-order valence-electron chi connectivity index (χ4n) is 2.88. The summed E-state index contributed by atoms with van der Waals surface area (Å²) in [5, 5.41) is 9.24. The molecule has 2 rings (SSSR count). The summed E-state index contributed by atoms with van der Waals surface area (Å²) in [7, 11) is 0. The highest BCUT2D eigenvalue weighted by molar-refractivity contribution is 4.84. The molecule has 100 valence electrons. The third kappa shape index (κ3) is 3.91. The van der Waals surface area contributed by atoms with E-state index in [1.54, 1.807) is 0 Å². The molecule has 0 bridgehead atoms. The van der Waals surface area contributed by atoms with Crippen molar-refractivity contribution in [1.29, 1.82) is 0 Å². The molecule has 17 heavy (non-hydrogen) atoms. The third-order valence-electron chi connectivity index (χ3n) is 3.55. The Morgan fingerprint density at radius 3 is 2.82 bits per heavy atom. The van der Waals surface area contributed by atoms with Crippen LogP contribution in [0.1, 0.15) is 33.1 Å². The zero-order valence-electron chi connectivity index (χ0n) is 11.0. The smallest absolute Gasteiger partial charge is 0.0940 e. The topological polar surface area (TPSA) is 41.9 Å². The molecule has 0 aromatic rings. The molecule has 2 aliphatic rings. The number of hydrogen-bond acceptors (Lipinski definition) is 4. The third-order valence-corrected chi connectivity index (χ3v) is 3.55. The standard InChI is InChI=1S/C13H25NO3/c1-13(2)10-14(8-12(9-15)17-13)6-5-11-4-3-7-16-11/h11-12,15H,3-10H2,1-2H3.